The minimum atomic E-state index is 0.491. The van der Waals surface area contributed by atoms with Crippen LogP contribution in [0.1, 0.15) is 112 Å². The van der Waals surface area contributed by atoms with Crippen LogP contribution < -0.4 is 11.1 Å². The van der Waals surface area contributed by atoms with Crippen LogP contribution in [0.2, 0.25) is 0 Å². The largest absolute Gasteiger partial charge is 0.377 e. The van der Waals surface area contributed by atoms with E-state index < -0.39 is 0 Å². The molecule has 4 fully saturated rings. The molecule has 9 atom stereocenters. The molecule has 34 heavy (non-hydrogen) atoms. The third kappa shape index (κ3) is 5.42. The van der Waals surface area contributed by atoms with Crippen LogP contribution in [0.5, 0.6) is 0 Å². The van der Waals surface area contributed by atoms with Gasteiger partial charge >= 0.3 is 0 Å². The van der Waals surface area contributed by atoms with Crippen molar-refractivity contribution in [1.29, 1.82) is 0 Å². The zero-order valence-corrected chi connectivity index (χ0v) is 23.4. The van der Waals surface area contributed by atoms with Gasteiger partial charge in [-0.1, -0.05) is 53.9 Å². The predicted molar refractivity (Wildman–Crippen MR) is 145 cm³/mol. The first-order valence-electron chi connectivity index (χ1n) is 15.3. The first-order valence-corrected chi connectivity index (χ1v) is 15.3. The van der Waals surface area contributed by atoms with E-state index in [1.54, 1.807) is 0 Å². The average Bonchev–Trinajstić information content (AvgIpc) is 3.16. The Labute approximate surface area is 212 Å². The van der Waals surface area contributed by atoms with Crippen LogP contribution in [0.25, 0.3) is 0 Å². The molecule has 0 aromatic carbocycles. The van der Waals surface area contributed by atoms with E-state index in [0.717, 1.165) is 61.1 Å². The van der Waals surface area contributed by atoms with Gasteiger partial charge in [-0.05, 0) is 110 Å². The molecule has 0 aliphatic heterocycles. The summed E-state index contributed by atoms with van der Waals surface area (Å²) in [6.07, 6.45) is 17.8. The first-order chi connectivity index (χ1) is 16.3. The number of ether oxygens (including phenoxy) is 1. The van der Waals surface area contributed by atoms with Crippen LogP contribution in [0.4, 0.5) is 0 Å². The number of hydrogen-bond acceptors (Lipinski definition) is 3. The molecule has 0 amide bonds. The lowest BCUT2D eigenvalue weighted by Crippen LogP contribution is -2.54. The zero-order chi connectivity index (χ0) is 24.3. The molecule has 3 nitrogen and oxygen atoms in total. The smallest absolute Gasteiger partial charge is 0.0594 e. The van der Waals surface area contributed by atoms with Crippen molar-refractivity contribution in [3.05, 3.63) is 0 Å². The summed E-state index contributed by atoms with van der Waals surface area (Å²) >= 11 is 0. The Hall–Kier alpha value is -0.120. The van der Waals surface area contributed by atoms with Crippen LogP contribution in [0.15, 0.2) is 0 Å². The van der Waals surface area contributed by atoms with Crippen LogP contribution in [-0.2, 0) is 4.74 Å². The zero-order valence-electron chi connectivity index (χ0n) is 23.4. The molecular weight excluding hydrogens is 416 g/mol. The van der Waals surface area contributed by atoms with E-state index in [1.807, 2.05) is 0 Å². The fourth-order valence-electron chi connectivity index (χ4n) is 9.92. The fraction of sp³-hybridized carbons (Fsp3) is 1.00. The Bertz CT molecular complexity index is 637. The van der Waals surface area contributed by atoms with Crippen LogP contribution in [0.3, 0.4) is 0 Å². The third-order valence-electron chi connectivity index (χ3n) is 11.8. The average molecular weight is 475 g/mol. The maximum Gasteiger partial charge on any atom is 0.0594 e. The van der Waals surface area contributed by atoms with Crippen molar-refractivity contribution in [1.82, 2.24) is 5.32 Å². The van der Waals surface area contributed by atoms with E-state index >= 15 is 0 Å². The molecule has 4 saturated carbocycles. The molecule has 0 radical (unpaired) electrons. The molecule has 0 aromatic heterocycles. The van der Waals surface area contributed by atoms with Gasteiger partial charge in [0.15, 0.2) is 0 Å². The van der Waals surface area contributed by atoms with Gasteiger partial charge in [-0.3, -0.25) is 0 Å². The van der Waals surface area contributed by atoms with E-state index in [-0.39, 0.29) is 0 Å². The Morgan fingerprint density at radius 1 is 0.882 bits per heavy atom. The quantitative estimate of drug-likeness (QED) is 0.316. The first kappa shape index (κ1) is 26.9. The van der Waals surface area contributed by atoms with Crippen molar-refractivity contribution < 1.29 is 4.74 Å². The van der Waals surface area contributed by atoms with Crippen molar-refractivity contribution in [2.24, 2.45) is 58.0 Å². The Morgan fingerprint density at radius 3 is 2.41 bits per heavy atom. The van der Waals surface area contributed by atoms with Gasteiger partial charge in [0.1, 0.15) is 0 Å². The second kappa shape index (κ2) is 11.5. The lowest BCUT2D eigenvalue weighted by molar-refractivity contribution is -0.136. The van der Waals surface area contributed by atoms with E-state index in [1.165, 1.54) is 77.0 Å². The van der Waals surface area contributed by atoms with E-state index in [2.05, 4.69) is 39.9 Å². The highest BCUT2D eigenvalue weighted by Gasteiger charge is 2.60. The van der Waals surface area contributed by atoms with Crippen molar-refractivity contribution in [3.63, 3.8) is 0 Å². The monoisotopic (exact) mass is 474 g/mol. The molecular formula is C31H58N2O. The summed E-state index contributed by atoms with van der Waals surface area (Å²) in [5, 5.41) is 3.38. The molecule has 0 bridgehead atoms. The van der Waals surface area contributed by atoms with Crippen molar-refractivity contribution >= 4 is 0 Å². The van der Waals surface area contributed by atoms with Gasteiger partial charge in [-0.25, -0.2) is 0 Å². The Kier molecular flexibility index (Phi) is 9.12. The SMILES string of the molecule is CC(C)CCC[C@@H](C)C1CCC2[C@@H]3CCC4C[C@@H](OCCNCCN)CC[C@]4(C)C3CC[C@@]21C. The molecule has 4 rings (SSSR count). The Morgan fingerprint density at radius 2 is 1.65 bits per heavy atom. The number of hydrogen-bond donors (Lipinski definition) is 2. The number of fused-ring (bicyclic) bond motifs is 5. The fourth-order valence-corrected chi connectivity index (χ4v) is 9.92. The topological polar surface area (TPSA) is 47.3 Å². The summed E-state index contributed by atoms with van der Waals surface area (Å²) < 4.78 is 6.33. The van der Waals surface area contributed by atoms with Gasteiger partial charge in [-0.2, -0.15) is 0 Å². The summed E-state index contributed by atoms with van der Waals surface area (Å²) in [6, 6.07) is 0. The molecule has 0 aromatic rings. The molecule has 4 aliphatic rings. The second-order valence-corrected chi connectivity index (χ2v) is 14.0. The molecule has 0 spiro atoms. The standard InChI is InChI=1S/C31H58N2O/c1-22(2)7-6-8-23(3)27-11-12-28-26-10-9-24-21-25(34-20-19-33-18-17-32)13-15-30(24,4)29(26)14-16-31(27,28)5/h22-29,33H,6-21,32H2,1-5H3/t23-,24?,25+,26+,27?,28?,29?,30+,31-/m1/s1. The van der Waals surface area contributed by atoms with Crippen molar-refractivity contribution in [2.45, 2.75) is 118 Å². The van der Waals surface area contributed by atoms with Gasteiger partial charge in [-0.15, -0.1) is 0 Å². The molecule has 3 heteroatoms. The van der Waals surface area contributed by atoms with Gasteiger partial charge < -0.3 is 15.8 Å². The minimum Gasteiger partial charge on any atom is -0.377 e. The molecule has 198 valence electrons. The molecule has 3 N–H and O–H groups in total. The van der Waals surface area contributed by atoms with Crippen molar-refractivity contribution in [3.8, 4) is 0 Å². The summed E-state index contributed by atoms with van der Waals surface area (Å²) in [5.74, 6) is 6.64. The highest BCUT2D eigenvalue weighted by Crippen LogP contribution is 2.68. The maximum atomic E-state index is 6.33. The van der Waals surface area contributed by atoms with Gasteiger partial charge in [0.05, 0.1) is 12.7 Å². The van der Waals surface area contributed by atoms with Gasteiger partial charge in [0.25, 0.3) is 0 Å². The maximum absolute atomic E-state index is 6.33. The number of nitrogens with one attached hydrogen (secondary N) is 1. The van der Waals surface area contributed by atoms with Crippen LogP contribution in [-0.4, -0.2) is 32.3 Å². The number of rotatable bonds is 11. The molecule has 4 unspecified atom stereocenters. The lowest BCUT2D eigenvalue weighted by atomic mass is 9.44. The predicted octanol–water partition coefficient (Wildman–Crippen LogP) is 7.04. The van der Waals surface area contributed by atoms with Gasteiger partial charge in [0.2, 0.25) is 0 Å². The van der Waals surface area contributed by atoms with Gasteiger partial charge in [0, 0.05) is 19.6 Å². The Balaban J connectivity index is 1.34. The minimum absolute atomic E-state index is 0.491. The number of nitrogens with two attached hydrogens (primary N) is 1. The second-order valence-electron chi connectivity index (χ2n) is 14.0. The van der Waals surface area contributed by atoms with E-state index in [0.29, 0.717) is 23.5 Å². The third-order valence-corrected chi connectivity index (χ3v) is 11.8. The molecule has 0 heterocycles. The summed E-state index contributed by atoms with van der Waals surface area (Å²) in [5.41, 5.74) is 6.78. The van der Waals surface area contributed by atoms with Crippen LogP contribution in [0, 0.1) is 52.3 Å². The van der Waals surface area contributed by atoms with Crippen molar-refractivity contribution in [2.75, 3.05) is 26.2 Å². The van der Waals surface area contributed by atoms with E-state index in [9.17, 15) is 0 Å². The summed E-state index contributed by atoms with van der Waals surface area (Å²) in [6.45, 7) is 16.2. The molecule has 0 saturated heterocycles. The molecule has 4 aliphatic carbocycles. The highest BCUT2D eigenvalue weighted by atomic mass is 16.5. The van der Waals surface area contributed by atoms with Crippen LogP contribution >= 0.6 is 0 Å². The normalized spacial score (nSPS) is 42.8. The summed E-state index contributed by atoms with van der Waals surface area (Å²) in [4.78, 5) is 0. The highest BCUT2D eigenvalue weighted by molar-refractivity contribution is 5.09. The lowest BCUT2D eigenvalue weighted by Gasteiger charge is -2.61. The summed E-state index contributed by atoms with van der Waals surface area (Å²) in [7, 11) is 0. The van der Waals surface area contributed by atoms with E-state index in [4.69, 9.17) is 10.5 Å².